The fourth-order valence-corrected chi connectivity index (χ4v) is 2.94. The topological polar surface area (TPSA) is 53.6 Å². The van der Waals surface area contributed by atoms with Crippen LogP contribution in [0.4, 0.5) is 20.4 Å². The molecule has 0 spiro atoms. The lowest BCUT2D eigenvalue weighted by Gasteiger charge is -2.04. The Kier molecular flexibility index (Phi) is 3.27. The Morgan fingerprint density at radius 2 is 1.91 bits per heavy atom. The molecule has 0 unspecified atom stereocenters. The summed E-state index contributed by atoms with van der Waals surface area (Å²) < 4.78 is 27.4. The van der Waals surface area contributed by atoms with Crippen LogP contribution in [0, 0.1) is 11.6 Å². The molecule has 0 aliphatic rings. The molecule has 4 nitrogen and oxygen atoms in total. The minimum absolute atomic E-state index is 0.230. The second-order valence-electron chi connectivity index (χ2n) is 4.88. The zero-order valence-electron chi connectivity index (χ0n) is 11.7. The van der Waals surface area contributed by atoms with Gasteiger partial charge in [-0.05, 0) is 30.3 Å². The molecule has 0 amide bonds. The van der Waals surface area contributed by atoms with E-state index in [0.717, 1.165) is 16.1 Å². The smallest absolute Gasteiger partial charge is 0.205 e. The van der Waals surface area contributed by atoms with E-state index in [2.05, 4.69) is 20.3 Å². The highest BCUT2D eigenvalue weighted by Crippen LogP contribution is 2.27. The summed E-state index contributed by atoms with van der Waals surface area (Å²) in [5, 5.41) is 5.46. The predicted molar refractivity (Wildman–Crippen MR) is 86.8 cm³/mol. The van der Waals surface area contributed by atoms with E-state index in [9.17, 15) is 8.78 Å². The van der Waals surface area contributed by atoms with Gasteiger partial charge in [-0.1, -0.05) is 6.07 Å². The fourth-order valence-electron chi connectivity index (χ4n) is 2.30. The lowest BCUT2D eigenvalue weighted by atomic mass is 10.2. The van der Waals surface area contributed by atoms with Gasteiger partial charge in [0.05, 0.1) is 11.0 Å². The first-order chi connectivity index (χ1) is 11.2. The molecule has 0 radical (unpaired) electrons. The minimum atomic E-state index is -0.672. The van der Waals surface area contributed by atoms with Crippen molar-refractivity contribution in [2.75, 3.05) is 5.32 Å². The Balaban J connectivity index is 1.72. The predicted octanol–water partition coefficient (Wildman–Crippen LogP) is 4.71. The highest BCUT2D eigenvalue weighted by Gasteiger charge is 2.11. The standard InChI is InChI=1S/C16H10F2N4S/c17-10-2-1-3-11(18)14(10)22-16-20-12-5-4-9(8-13(12)21-16)15-19-6-7-23-15/h1-8H,(H2,20,21,22). The van der Waals surface area contributed by atoms with Gasteiger partial charge < -0.3 is 10.3 Å². The lowest BCUT2D eigenvalue weighted by molar-refractivity contribution is 0.590. The summed E-state index contributed by atoms with van der Waals surface area (Å²) in [6, 6.07) is 9.35. The number of hydrogen-bond acceptors (Lipinski definition) is 4. The molecule has 23 heavy (non-hydrogen) atoms. The number of halogens is 2. The van der Waals surface area contributed by atoms with E-state index in [-0.39, 0.29) is 11.6 Å². The highest BCUT2D eigenvalue weighted by molar-refractivity contribution is 7.13. The normalized spacial score (nSPS) is 11.0. The number of thiazole rings is 1. The van der Waals surface area contributed by atoms with Crippen molar-refractivity contribution >= 4 is 34.0 Å². The lowest BCUT2D eigenvalue weighted by Crippen LogP contribution is -1.98. The number of nitrogens with one attached hydrogen (secondary N) is 2. The fraction of sp³-hybridized carbons (Fsp3) is 0. The minimum Gasteiger partial charge on any atom is -0.324 e. The summed E-state index contributed by atoms with van der Waals surface area (Å²) in [7, 11) is 0. The number of rotatable bonds is 3. The number of hydrogen-bond donors (Lipinski definition) is 2. The zero-order chi connectivity index (χ0) is 15.8. The van der Waals surface area contributed by atoms with Crippen LogP contribution in [0.3, 0.4) is 0 Å². The molecule has 2 aromatic carbocycles. The van der Waals surface area contributed by atoms with Crippen LogP contribution in [-0.2, 0) is 0 Å². The molecule has 0 atom stereocenters. The van der Waals surface area contributed by atoms with Crippen LogP contribution in [-0.4, -0.2) is 15.0 Å². The molecule has 7 heteroatoms. The van der Waals surface area contributed by atoms with Crippen LogP contribution in [0.25, 0.3) is 21.6 Å². The Morgan fingerprint density at radius 3 is 2.65 bits per heavy atom. The molecular formula is C16H10F2N4S. The first-order valence-electron chi connectivity index (χ1n) is 6.81. The van der Waals surface area contributed by atoms with Gasteiger partial charge in [-0.3, -0.25) is 0 Å². The van der Waals surface area contributed by atoms with Crippen molar-refractivity contribution in [1.82, 2.24) is 15.0 Å². The zero-order valence-corrected chi connectivity index (χ0v) is 12.5. The molecule has 0 aliphatic heterocycles. The van der Waals surface area contributed by atoms with E-state index in [1.54, 1.807) is 6.20 Å². The van der Waals surface area contributed by atoms with Crippen LogP contribution in [0.2, 0.25) is 0 Å². The molecule has 0 bridgehead atoms. The molecule has 2 N–H and O–H groups in total. The van der Waals surface area contributed by atoms with Gasteiger partial charge in [-0.25, -0.2) is 18.7 Å². The van der Waals surface area contributed by atoms with E-state index >= 15 is 0 Å². The van der Waals surface area contributed by atoms with Gasteiger partial charge in [0.25, 0.3) is 0 Å². The van der Waals surface area contributed by atoms with Crippen molar-refractivity contribution in [2.24, 2.45) is 0 Å². The van der Waals surface area contributed by atoms with Crippen molar-refractivity contribution in [2.45, 2.75) is 0 Å². The van der Waals surface area contributed by atoms with Gasteiger partial charge >= 0.3 is 0 Å². The van der Waals surface area contributed by atoms with Crippen molar-refractivity contribution in [3.8, 4) is 10.6 Å². The highest BCUT2D eigenvalue weighted by atomic mass is 32.1. The Hall–Kier alpha value is -2.80. The third kappa shape index (κ3) is 2.55. The van der Waals surface area contributed by atoms with Crippen molar-refractivity contribution in [3.63, 3.8) is 0 Å². The Labute approximate surface area is 133 Å². The van der Waals surface area contributed by atoms with Gasteiger partial charge in [-0.2, -0.15) is 0 Å². The molecule has 0 aliphatic carbocycles. The third-order valence-electron chi connectivity index (χ3n) is 3.37. The van der Waals surface area contributed by atoms with Gasteiger partial charge in [0.15, 0.2) is 0 Å². The molecule has 0 saturated carbocycles. The molecule has 0 fully saturated rings. The first-order valence-corrected chi connectivity index (χ1v) is 7.69. The second-order valence-corrected chi connectivity index (χ2v) is 5.77. The van der Waals surface area contributed by atoms with Crippen LogP contribution in [0.5, 0.6) is 0 Å². The largest absolute Gasteiger partial charge is 0.324 e. The van der Waals surface area contributed by atoms with Crippen molar-refractivity contribution in [3.05, 3.63) is 59.6 Å². The monoisotopic (exact) mass is 328 g/mol. The third-order valence-corrected chi connectivity index (χ3v) is 4.19. The molecule has 114 valence electrons. The van der Waals surface area contributed by atoms with Crippen LogP contribution >= 0.6 is 11.3 Å². The number of fused-ring (bicyclic) bond motifs is 1. The molecule has 0 saturated heterocycles. The Bertz CT molecular complexity index is 959. The molecule has 2 heterocycles. The van der Waals surface area contributed by atoms with Gasteiger partial charge in [-0.15, -0.1) is 11.3 Å². The van der Waals surface area contributed by atoms with Crippen LogP contribution in [0.1, 0.15) is 0 Å². The first kappa shape index (κ1) is 13.8. The summed E-state index contributed by atoms with van der Waals surface area (Å²) >= 11 is 1.54. The maximum atomic E-state index is 13.7. The number of H-pyrrole nitrogens is 1. The van der Waals surface area contributed by atoms with E-state index in [0.29, 0.717) is 5.52 Å². The Morgan fingerprint density at radius 1 is 1.09 bits per heavy atom. The van der Waals surface area contributed by atoms with Gasteiger partial charge in [0.2, 0.25) is 5.95 Å². The number of imidazole rings is 1. The number of aromatic amines is 1. The molecule has 4 rings (SSSR count). The van der Waals surface area contributed by atoms with E-state index in [4.69, 9.17) is 0 Å². The maximum Gasteiger partial charge on any atom is 0.205 e. The van der Waals surface area contributed by atoms with E-state index in [1.807, 2.05) is 23.6 Å². The summed E-state index contributed by atoms with van der Waals surface area (Å²) in [6.07, 6.45) is 1.74. The maximum absolute atomic E-state index is 13.7. The summed E-state index contributed by atoms with van der Waals surface area (Å²) in [5.74, 6) is -1.07. The summed E-state index contributed by atoms with van der Waals surface area (Å²) in [5.41, 5.74) is 2.19. The quantitative estimate of drug-likeness (QED) is 0.573. The van der Waals surface area contributed by atoms with Crippen molar-refractivity contribution in [1.29, 1.82) is 0 Å². The van der Waals surface area contributed by atoms with Gasteiger partial charge in [0, 0.05) is 17.1 Å². The van der Waals surface area contributed by atoms with E-state index < -0.39 is 11.6 Å². The average molecular weight is 328 g/mol. The van der Waals surface area contributed by atoms with Crippen molar-refractivity contribution < 1.29 is 8.78 Å². The SMILES string of the molecule is Fc1cccc(F)c1Nc1nc2ccc(-c3nccs3)cc2[nH]1. The van der Waals surface area contributed by atoms with Crippen LogP contribution in [0.15, 0.2) is 48.0 Å². The molecule has 4 aromatic rings. The number of para-hydroxylation sites is 1. The second kappa shape index (κ2) is 5.44. The van der Waals surface area contributed by atoms with E-state index in [1.165, 1.54) is 29.5 Å². The molecular weight excluding hydrogens is 318 g/mol. The number of aromatic nitrogens is 3. The number of benzene rings is 2. The number of nitrogens with zero attached hydrogens (tertiary/aromatic N) is 2. The number of anilines is 2. The average Bonchev–Trinajstić information content (AvgIpc) is 3.19. The van der Waals surface area contributed by atoms with Gasteiger partial charge in [0.1, 0.15) is 22.3 Å². The van der Waals surface area contributed by atoms with Crippen LogP contribution < -0.4 is 5.32 Å². The summed E-state index contributed by atoms with van der Waals surface area (Å²) in [4.78, 5) is 11.6. The summed E-state index contributed by atoms with van der Waals surface area (Å²) in [6.45, 7) is 0. The molecule has 2 aromatic heterocycles.